The van der Waals surface area contributed by atoms with E-state index in [9.17, 15) is 5.11 Å². The van der Waals surface area contributed by atoms with E-state index < -0.39 is 0 Å². The van der Waals surface area contributed by atoms with Crippen molar-refractivity contribution in [2.45, 2.75) is 6.92 Å². The molecular formula is C20H26BrN7O4. The summed E-state index contributed by atoms with van der Waals surface area (Å²) in [7, 11) is 0. The van der Waals surface area contributed by atoms with Gasteiger partial charge in [-0.1, -0.05) is 0 Å². The van der Waals surface area contributed by atoms with Gasteiger partial charge in [-0.15, -0.1) is 0 Å². The highest BCUT2D eigenvalue weighted by molar-refractivity contribution is 9.10. The van der Waals surface area contributed by atoms with Crippen LogP contribution in [0.5, 0.6) is 11.5 Å². The number of morpholine rings is 2. The Labute approximate surface area is 194 Å². The molecule has 0 aliphatic carbocycles. The average molecular weight is 508 g/mol. The summed E-state index contributed by atoms with van der Waals surface area (Å²) in [5, 5.41) is 14.4. The topological polar surface area (TPSA) is 117 Å². The van der Waals surface area contributed by atoms with E-state index in [-0.39, 0.29) is 5.75 Å². The van der Waals surface area contributed by atoms with Crippen molar-refractivity contribution in [3.8, 4) is 11.5 Å². The minimum atomic E-state index is 0.0553. The highest BCUT2D eigenvalue weighted by Gasteiger charge is 2.20. The van der Waals surface area contributed by atoms with Crippen LogP contribution in [-0.2, 0) is 9.47 Å². The molecule has 2 saturated heterocycles. The van der Waals surface area contributed by atoms with Crippen molar-refractivity contribution in [2.75, 3.05) is 74.4 Å². The Kier molecular flexibility index (Phi) is 7.55. The molecule has 2 aliphatic heterocycles. The van der Waals surface area contributed by atoms with Gasteiger partial charge < -0.3 is 29.1 Å². The number of hydrogen-bond donors (Lipinski definition) is 2. The number of phenols is 1. The van der Waals surface area contributed by atoms with Crippen molar-refractivity contribution in [2.24, 2.45) is 5.10 Å². The fraction of sp³-hybridized carbons (Fsp3) is 0.500. The SMILES string of the molecule is CCOc1cc(/C=N\Nc2nc(N3CCOCC3)nc(N3CCOCC3)n2)cc(Br)c1O. The Morgan fingerprint density at radius 1 is 1.06 bits per heavy atom. The molecule has 2 aromatic rings. The molecule has 172 valence electrons. The normalized spacial score (nSPS) is 17.1. The van der Waals surface area contributed by atoms with Gasteiger partial charge >= 0.3 is 0 Å². The molecule has 0 spiro atoms. The van der Waals surface area contributed by atoms with Gasteiger partial charge in [-0.05, 0) is 40.5 Å². The lowest BCUT2D eigenvalue weighted by atomic mass is 10.2. The number of benzene rings is 1. The van der Waals surface area contributed by atoms with E-state index in [2.05, 4.69) is 51.2 Å². The molecular weight excluding hydrogens is 482 g/mol. The summed E-state index contributed by atoms with van der Waals surface area (Å²) in [4.78, 5) is 17.9. The number of hydrogen-bond acceptors (Lipinski definition) is 11. The second-order valence-electron chi connectivity index (χ2n) is 7.11. The molecule has 0 unspecified atom stereocenters. The summed E-state index contributed by atoms with van der Waals surface area (Å²) in [6, 6.07) is 3.45. The lowest BCUT2D eigenvalue weighted by Gasteiger charge is -2.30. The number of nitrogens with one attached hydrogen (secondary N) is 1. The molecule has 0 bridgehead atoms. The number of rotatable bonds is 7. The van der Waals surface area contributed by atoms with E-state index in [1.807, 2.05) is 6.92 Å². The highest BCUT2D eigenvalue weighted by Crippen LogP contribution is 2.35. The molecule has 3 heterocycles. The minimum absolute atomic E-state index is 0.0553. The van der Waals surface area contributed by atoms with Gasteiger partial charge in [0.1, 0.15) is 0 Å². The Hall–Kier alpha value is -2.70. The van der Waals surface area contributed by atoms with E-state index in [1.165, 1.54) is 0 Å². The fourth-order valence-electron chi connectivity index (χ4n) is 3.31. The first-order chi connectivity index (χ1) is 15.6. The first-order valence-corrected chi connectivity index (χ1v) is 11.3. The molecule has 11 nitrogen and oxygen atoms in total. The second kappa shape index (κ2) is 10.7. The zero-order valence-electron chi connectivity index (χ0n) is 17.8. The summed E-state index contributed by atoms with van der Waals surface area (Å²) in [6.45, 7) is 7.72. The number of halogens is 1. The van der Waals surface area contributed by atoms with Crippen LogP contribution in [0.2, 0.25) is 0 Å². The number of phenolic OH excluding ortho intramolecular Hbond substituents is 1. The number of aromatic nitrogens is 3. The van der Waals surface area contributed by atoms with Crippen LogP contribution < -0.4 is 20.0 Å². The van der Waals surface area contributed by atoms with Crippen molar-refractivity contribution in [3.63, 3.8) is 0 Å². The molecule has 1 aromatic carbocycles. The summed E-state index contributed by atoms with van der Waals surface area (Å²) in [6.07, 6.45) is 1.61. The van der Waals surface area contributed by atoms with Crippen molar-refractivity contribution in [1.29, 1.82) is 0 Å². The van der Waals surface area contributed by atoms with E-state index in [1.54, 1.807) is 18.3 Å². The average Bonchev–Trinajstić information content (AvgIpc) is 2.83. The first kappa shape index (κ1) is 22.5. The molecule has 0 amide bonds. The van der Waals surface area contributed by atoms with Crippen LogP contribution in [0.4, 0.5) is 17.8 Å². The van der Waals surface area contributed by atoms with E-state index >= 15 is 0 Å². The van der Waals surface area contributed by atoms with Gasteiger partial charge in [0.2, 0.25) is 17.8 Å². The van der Waals surface area contributed by atoms with E-state index in [4.69, 9.17) is 14.2 Å². The molecule has 0 saturated carbocycles. The number of hydrazone groups is 1. The van der Waals surface area contributed by atoms with Crippen LogP contribution in [0, 0.1) is 0 Å². The van der Waals surface area contributed by atoms with E-state index in [0.717, 1.165) is 31.7 Å². The molecule has 32 heavy (non-hydrogen) atoms. The standard InChI is InChI=1S/C20H26BrN7O4/c1-2-32-16-12-14(11-15(21)17(16)29)13-22-26-18-23-19(27-3-7-30-8-4-27)25-20(24-18)28-5-9-31-10-6-28/h11-13,29H,2-10H2,1H3,(H,23,24,25,26)/b22-13-. The van der Waals surface area contributed by atoms with Crippen LogP contribution in [-0.4, -0.2) is 85.5 Å². The van der Waals surface area contributed by atoms with Crippen molar-refractivity contribution < 1.29 is 19.3 Å². The smallest absolute Gasteiger partial charge is 0.250 e. The minimum Gasteiger partial charge on any atom is -0.503 e. The maximum Gasteiger partial charge on any atom is 0.250 e. The summed E-state index contributed by atoms with van der Waals surface area (Å²) >= 11 is 3.33. The first-order valence-electron chi connectivity index (χ1n) is 10.5. The molecule has 12 heteroatoms. The maximum atomic E-state index is 10.1. The number of ether oxygens (including phenoxy) is 3. The number of anilines is 3. The molecule has 0 radical (unpaired) electrons. The van der Waals surface area contributed by atoms with Gasteiger partial charge in [-0.25, -0.2) is 5.43 Å². The zero-order valence-corrected chi connectivity index (χ0v) is 19.4. The van der Waals surface area contributed by atoms with Crippen molar-refractivity contribution >= 4 is 40.0 Å². The van der Waals surface area contributed by atoms with Crippen LogP contribution in [0.1, 0.15) is 12.5 Å². The Morgan fingerprint density at radius 2 is 1.66 bits per heavy atom. The largest absolute Gasteiger partial charge is 0.503 e. The summed E-state index contributed by atoms with van der Waals surface area (Å²) in [5.74, 6) is 1.97. The predicted molar refractivity (Wildman–Crippen MR) is 124 cm³/mol. The lowest BCUT2D eigenvalue weighted by molar-refractivity contribution is 0.121. The Balaban J connectivity index is 1.55. The predicted octanol–water partition coefficient (Wildman–Crippen LogP) is 1.86. The van der Waals surface area contributed by atoms with Gasteiger partial charge in [-0.3, -0.25) is 0 Å². The zero-order chi connectivity index (χ0) is 22.3. The number of nitrogens with zero attached hydrogens (tertiary/aromatic N) is 6. The Bertz CT molecular complexity index is 914. The van der Waals surface area contributed by atoms with Crippen LogP contribution >= 0.6 is 15.9 Å². The lowest BCUT2D eigenvalue weighted by Crippen LogP contribution is -2.40. The second-order valence-corrected chi connectivity index (χ2v) is 7.96. The van der Waals surface area contributed by atoms with Crippen molar-refractivity contribution in [1.82, 2.24) is 15.0 Å². The molecule has 2 fully saturated rings. The highest BCUT2D eigenvalue weighted by atomic mass is 79.9. The Morgan fingerprint density at radius 3 is 2.22 bits per heavy atom. The molecule has 1 aromatic heterocycles. The van der Waals surface area contributed by atoms with Crippen molar-refractivity contribution in [3.05, 3.63) is 22.2 Å². The summed E-state index contributed by atoms with van der Waals surface area (Å²) in [5.41, 5.74) is 3.65. The third-order valence-electron chi connectivity index (χ3n) is 4.93. The third kappa shape index (κ3) is 5.56. The monoisotopic (exact) mass is 507 g/mol. The molecule has 0 atom stereocenters. The van der Waals surface area contributed by atoms with Gasteiger partial charge in [0.05, 0.1) is 43.7 Å². The maximum absolute atomic E-state index is 10.1. The van der Waals surface area contributed by atoms with Crippen LogP contribution in [0.3, 0.4) is 0 Å². The molecule has 4 rings (SSSR count). The van der Waals surface area contributed by atoms with Gasteiger partial charge in [-0.2, -0.15) is 20.1 Å². The van der Waals surface area contributed by atoms with Gasteiger partial charge in [0.25, 0.3) is 0 Å². The van der Waals surface area contributed by atoms with Gasteiger partial charge in [0.15, 0.2) is 11.5 Å². The quantitative estimate of drug-likeness (QED) is 0.424. The molecule has 2 aliphatic rings. The third-order valence-corrected chi connectivity index (χ3v) is 5.53. The van der Waals surface area contributed by atoms with Gasteiger partial charge in [0, 0.05) is 26.2 Å². The summed E-state index contributed by atoms with van der Waals surface area (Å²) < 4.78 is 16.9. The van der Waals surface area contributed by atoms with Crippen LogP contribution in [0.25, 0.3) is 0 Å². The number of aromatic hydroxyl groups is 1. The molecule has 2 N–H and O–H groups in total. The van der Waals surface area contributed by atoms with Crippen LogP contribution in [0.15, 0.2) is 21.7 Å². The fourth-order valence-corrected chi connectivity index (χ4v) is 3.77. The van der Waals surface area contributed by atoms with E-state index in [0.29, 0.717) is 61.1 Å².